The highest BCUT2D eigenvalue weighted by molar-refractivity contribution is 5.77. The summed E-state index contributed by atoms with van der Waals surface area (Å²) in [5.74, 6) is 0.698. The molecule has 1 aliphatic heterocycles. The van der Waals surface area contributed by atoms with Crippen LogP contribution in [0.4, 0.5) is 13.2 Å². The van der Waals surface area contributed by atoms with E-state index in [1.165, 1.54) is 12.1 Å². The molecule has 3 rings (SSSR count). The molecule has 1 aromatic heterocycles. The van der Waals surface area contributed by atoms with Gasteiger partial charge in [0.15, 0.2) is 0 Å². The lowest BCUT2D eigenvalue weighted by molar-refractivity contribution is -0.137. The summed E-state index contributed by atoms with van der Waals surface area (Å²) in [6.45, 7) is 4.65. The highest BCUT2D eigenvalue weighted by atomic mass is 19.4. The van der Waals surface area contributed by atoms with Crippen LogP contribution in [0.15, 0.2) is 46.8 Å². The Morgan fingerprint density at radius 3 is 2.44 bits per heavy atom. The number of nitrogens with zero attached hydrogens (tertiary/aromatic N) is 2. The van der Waals surface area contributed by atoms with Gasteiger partial charge in [-0.2, -0.15) is 13.2 Å². The quantitative estimate of drug-likeness (QED) is 0.910. The van der Waals surface area contributed by atoms with Crippen LogP contribution in [0.5, 0.6) is 0 Å². The molecule has 1 aliphatic rings. The standard InChI is InChI=1S/C18H18F3N3O/c1-11-17(12(2)25-23-11)14-7-16(22)10-24(9-14)8-13-3-5-15(6-4-13)18(19,20)21/h3-7,9H,8,10,22H2,1-2H3. The number of benzene rings is 1. The van der Waals surface area contributed by atoms with Gasteiger partial charge in [0.1, 0.15) is 5.76 Å². The highest BCUT2D eigenvalue weighted by Crippen LogP contribution is 2.30. The Morgan fingerprint density at radius 1 is 1.20 bits per heavy atom. The fraction of sp³-hybridized carbons (Fsp3) is 0.278. The van der Waals surface area contributed by atoms with E-state index in [0.717, 1.165) is 34.5 Å². The third-order valence-electron chi connectivity index (χ3n) is 4.04. The molecule has 0 aliphatic carbocycles. The first-order chi connectivity index (χ1) is 11.7. The van der Waals surface area contributed by atoms with Crippen molar-refractivity contribution < 1.29 is 17.7 Å². The summed E-state index contributed by atoms with van der Waals surface area (Å²) in [5.41, 5.74) is 9.37. The molecule has 2 N–H and O–H groups in total. The Hall–Kier alpha value is -2.70. The molecule has 132 valence electrons. The minimum atomic E-state index is -4.33. The maximum Gasteiger partial charge on any atom is 0.416 e. The molecule has 0 unspecified atom stereocenters. The molecule has 2 aromatic rings. The maximum absolute atomic E-state index is 12.7. The van der Waals surface area contributed by atoms with E-state index in [9.17, 15) is 13.2 Å². The van der Waals surface area contributed by atoms with Crippen molar-refractivity contribution in [3.63, 3.8) is 0 Å². The molecule has 0 spiro atoms. The third-order valence-corrected chi connectivity index (χ3v) is 4.04. The van der Waals surface area contributed by atoms with Crippen molar-refractivity contribution in [2.75, 3.05) is 6.54 Å². The van der Waals surface area contributed by atoms with Crippen molar-refractivity contribution >= 4 is 5.57 Å². The van der Waals surface area contributed by atoms with Crippen molar-refractivity contribution in [1.82, 2.24) is 10.1 Å². The fourth-order valence-electron chi connectivity index (χ4n) is 2.93. The Balaban J connectivity index is 1.82. The molecule has 0 radical (unpaired) electrons. The smallest absolute Gasteiger partial charge is 0.401 e. The monoisotopic (exact) mass is 349 g/mol. The second kappa shape index (κ2) is 6.31. The van der Waals surface area contributed by atoms with Crippen LogP contribution in [0.1, 0.15) is 28.1 Å². The molecule has 0 saturated carbocycles. The second-order valence-corrected chi connectivity index (χ2v) is 6.10. The van der Waals surface area contributed by atoms with E-state index in [0.29, 0.717) is 24.5 Å². The first kappa shape index (κ1) is 17.1. The van der Waals surface area contributed by atoms with Gasteiger partial charge in [0.05, 0.1) is 17.8 Å². The van der Waals surface area contributed by atoms with Gasteiger partial charge in [-0.15, -0.1) is 0 Å². The largest absolute Gasteiger partial charge is 0.416 e. The Kier molecular flexibility index (Phi) is 4.32. The van der Waals surface area contributed by atoms with Crippen LogP contribution in [0.2, 0.25) is 0 Å². The maximum atomic E-state index is 12.7. The van der Waals surface area contributed by atoms with Gasteiger partial charge in [-0.1, -0.05) is 17.3 Å². The first-order valence-electron chi connectivity index (χ1n) is 7.75. The van der Waals surface area contributed by atoms with Crippen LogP contribution in [0.25, 0.3) is 5.57 Å². The number of aryl methyl sites for hydroxylation is 2. The number of hydrogen-bond acceptors (Lipinski definition) is 4. The van der Waals surface area contributed by atoms with Gasteiger partial charge < -0.3 is 15.2 Å². The lowest BCUT2D eigenvalue weighted by atomic mass is 10.0. The number of halogens is 3. The normalized spacial score (nSPS) is 15.2. The van der Waals surface area contributed by atoms with Crippen molar-refractivity contribution in [1.29, 1.82) is 0 Å². The van der Waals surface area contributed by atoms with Crippen LogP contribution in [-0.4, -0.2) is 16.6 Å². The highest BCUT2D eigenvalue weighted by Gasteiger charge is 2.30. The molecule has 4 nitrogen and oxygen atoms in total. The zero-order chi connectivity index (χ0) is 18.2. The number of aromatic nitrogens is 1. The number of alkyl halides is 3. The summed E-state index contributed by atoms with van der Waals surface area (Å²) in [4.78, 5) is 1.96. The van der Waals surface area contributed by atoms with Crippen LogP contribution in [0.3, 0.4) is 0 Å². The summed E-state index contributed by atoms with van der Waals surface area (Å²) in [5, 5.41) is 3.95. The van der Waals surface area contributed by atoms with Gasteiger partial charge in [-0.3, -0.25) is 0 Å². The fourth-order valence-corrected chi connectivity index (χ4v) is 2.93. The van der Waals surface area contributed by atoms with E-state index < -0.39 is 11.7 Å². The Labute approximate surface area is 143 Å². The molecule has 0 atom stereocenters. The van der Waals surface area contributed by atoms with Crippen molar-refractivity contribution in [2.24, 2.45) is 5.73 Å². The van der Waals surface area contributed by atoms with Crippen LogP contribution >= 0.6 is 0 Å². The van der Waals surface area contributed by atoms with Crippen molar-refractivity contribution in [2.45, 2.75) is 26.6 Å². The summed E-state index contributed by atoms with van der Waals surface area (Å²) in [6.07, 6.45) is -0.524. The number of nitrogens with two attached hydrogens (primary N) is 1. The van der Waals surface area contributed by atoms with Crippen molar-refractivity contribution in [3.8, 4) is 0 Å². The van der Waals surface area contributed by atoms with E-state index in [2.05, 4.69) is 5.16 Å². The minimum Gasteiger partial charge on any atom is -0.401 e. The molecule has 7 heteroatoms. The topological polar surface area (TPSA) is 55.3 Å². The second-order valence-electron chi connectivity index (χ2n) is 6.10. The molecule has 0 amide bonds. The number of rotatable bonds is 3. The lowest BCUT2D eigenvalue weighted by Gasteiger charge is -2.26. The van der Waals surface area contributed by atoms with Crippen LogP contribution in [-0.2, 0) is 12.7 Å². The van der Waals surface area contributed by atoms with Gasteiger partial charge in [-0.25, -0.2) is 0 Å². The summed E-state index contributed by atoms with van der Waals surface area (Å²) in [7, 11) is 0. The van der Waals surface area contributed by atoms with Gasteiger partial charge in [0.25, 0.3) is 0 Å². The molecular weight excluding hydrogens is 331 g/mol. The molecule has 0 saturated heterocycles. The summed E-state index contributed by atoms with van der Waals surface area (Å²) >= 11 is 0. The third kappa shape index (κ3) is 3.70. The van der Waals surface area contributed by atoms with E-state index in [4.69, 9.17) is 10.3 Å². The van der Waals surface area contributed by atoms with E-state index in [-0.39, 0.29) is 0 Å². The van der Waals surface area contributed by atoms with Gasteiger partial charge in [0.2, 0.25) is 0 Å². The zero-order valence-corrected chi connectivity index (χ0v) is 13.9. The van der Waals surface area contributed by atoms with E-state index >= 15 is 0 Å². The SMILES string of the molecule is Cc1noc(C)c1C1=CN(Cc2ccc(C(F)(F)F)cc2)CC(N)=C1. The average Bonchev–Trinajstić information content (AvgIpc) is 2.85. The molecule has 2 heterocycles. The van der Waals surface area contributed by atoms with Crippen LogP contribution < -0.4 is 5.73 Å². The predicted molar refractivity (Wildman–Crippen MR) is 88.1 cm³/mol. The van der Waals surface area contributed by atoms with Crippen molar-refractivity contribution in [3.05, 3.63) is 70.4 Å². The van der Waals surface area contributed by atoms with Gasteiger partial charge in [0, 0.05) is 29.6 Å². The average molecular weight is 349 g/mol. The molecular formula is C18H18F3N3O. The predicted octanol–water partition coefficient (Wildman–Crippen LogP) is 4.01. The Bertz CT molecular complexity index is 813. The molecule has 25 heavy (non-hydrogen) atoms. The minimum absolute atomic E-state index is 0.458. The van der Waals surface area contributed by atoms with Gasteiger partial charge >= 0.3 is 6.18 Å². The first-order valence-corrected chi connectivity index (χ1v) is 7.75. The Morgan fingerprint density at radius 2 is 1.88 bits per heavy atom. The molecule has 1 aromatic carbocycles. The molecule has 0 bridgehead atoms. The summed E-state index contributed by atoms with van der Waals surface area (Å²) < 4.78 is 43.2. The lowest BCUT2D eigenvalue weighted by Crippen LogP contribution is -2.26. The number of hydrogen-bond donors (Lipinski definition) is 1. The number of allylic oxidation sites excluding steroid dienone is 2. The summed E-state index contributed by atoms with van der Waals surface area (Å²) in [6, 6.07) is 5.16. The molecule has 0 fully saturated rings. The van der Waals surface area contributed by atoms with Crippen LogP contribution in [0, 0.1) is 13.8 Å². The van der Waals surface area contributed by atoms with E-state index in [1.54, 1.807) is 0 Å². The zero-order valence-electron chi connectivity index (χ0n) is 13.9. The van der Waals surface area contributed by atoms with E-state index in [1.807, 2.05) is 31.0 Å². The van der Waals surface area contributed by atoms with Gasteiger partial charge in [-0.05, 0) is 37.6 Å².